The topological polar surface area (TPSA) is 59.6 Å². The lowest BCUT2D eigenvalue weighted by molar-refractivity contribution is -0.118. The highest BCUT2D eigenvalue weighted by atomic mass is 16.5. The molecular formula is C26H30N2O3. The van der Waals surface area contributed by atoms with Gasteiger partial charge in [-0.05, 0) is 80.3 Å². The van der Waals surface area contributed by atoms with Gasteiger partial charge in [0.05, 0.1) is 6.61 Å². The van der Waals surface area contributed by atoms with Gasteiger partial charge in [-0.2, -0.15) is 0 Å². The molecule has 0 saturated heterocycles. The minimum atomic E-state index is -0.214. The number of rotatable bonds is 9. The molecule has 31 heavy (non-hydrogen) atoms. The van der Waals surface area contributed by atoms with E-state index < -0.39 is 0 Å². The Bertz CT molecular complexity index is 1050. The van der Waals surface area contributed by atoms with Crippen molar-refractivity contribution in [2.75, 3.05) is 23.8 Å². The van der Waals surface area contributed by atoms with Gasteiger partial charge < -0.3 is 20.1 Å². The predicted molar refractivity (Wildman–Crippen MR) is 126 cm³/mol. The second-order valence-electron chi connectivity index (χ2n) is 7.52. The maximum absolute atomic E-state index is 12.3. The third-order valence-corrected chi connectivity index (χ3v) is 5.06. The number of carbonyl (C=O) groups excluding carboxylic acids is 1. The first-order valence-electron chi connectivity index (χ1n) is 10.5. The Kier molecular flexibility index (Phi) is 7.55. The molecule has 0 aromatic heterocycles. The van der Waals surface area contributed by atoms with E-state index in [9.17, 15) is 4.79 Å². The number of carbonyl (C=O) groups is 1. The molecule has 0 fully saturated rings. The first-order chi connectivity index (χ1) is 15.0. The summed E-state index contributed by atoms with van der Waals surface area (Å²) in [6, 6.07) is 19.7. The van der Waals surface area contributed by atoms with E-state index in [4.69, 9.17) is 9.47 Å². The summed E-state index contributed by atoms with van der Waals surface area (Å²) in [4.78, 5) is 12.3. The average molecular weight is 419 g/mol. The summed E-state index contributed by atoms with van der Waals surface area (Å²) >= 11 is 0. The minimum Gasteiger partial charge on any atom is -0.490 e. The Morgan fingerprint density at radius 2 is 1.71 bits per heavy atom. The van der Waals surface area contributed by atoms with E-state index in [1.807, 2.05) is 56.3 Å². The van der Waals surface area contributed by atoms with Crippen LogP contribution >= 0.6 is 0 Å². The fourth-order valence-corrected chi connectivity index (χ4v) is 3.25. The molecular weight excluding hydrogens is 388 g/mol. The van der Waals surface area contributed by atoms with Crippen LogP contribution in [0.1, 0.15) is 29.2 Å². The number of hydrogen-bond acceptors (Lipinski definition) is 4. The Morgan fingerprint density at radius 1 is 0.903 bits per heavy atom. The number of nitrogens with one attached hydrogen (secondary N) is 2. The highest BCUT2D eigenvalue weighted by Gasteiger charge is 2.10. The van der Waals surface area contributed by atoms with Crippen LogP contribution in [0.5, 0.6) is 11.5 Å². The third kappa shape index (κ3) is 6.25. The summed E-state index contributed by atoms with van der Waals surface area (Å²) in [6.45, 7) is 9.22. The van der Waals surface area contributed by atoms with Crippen LogP contribution in [0.15, 0.2) is 60.7 Å². The molecule has 0 aliphatic carbocycles. The quantitative estimate of drug-likeness (QED) is 0.472. The largest absolute Gasteiger partial charge is 0.490 e. The second-order valence-corrected chi connectivity index (χ2v) is 7.52. The van der Waals surface area contributed by atoms with Crippen LogP contribution in [0.4, 0.5) is 11.4 Å². The fourth-order valence-electron chi connectivity index (χ4n) is 3.25. The molecule has 0 heterocycles. The molecule has 0 unspecified atom stereocenters. The number of anilines is 2. The molecule has 0 aliphatic rings. The molecule has 5 nitrogen and oxygen atoms in total. The highest BCUT2D eigenvalue weighted by Crippen LogP contribution is 2.29. The lowest BCUT2D eigenvalue weighted by Crippen LogP contribution is -2.20. The molecule has 0 saturated carbocycles. The van der Waals surface area contributed by atoms with Gasteiger partial charge in [0.25, 0.3) is 5.91 Å². The highest BCUT2D eigenvalue weighted by molar-refractivity contribution is 5.92. The zero-order valence-electron chi connectivity index (χ0n) is 18.6. The third-order valence-electron chi connectivity index (χ3n) is 5.06. The van der Waals surface area contributed by atoms with Gasteiger partial charge in [-0.25, -0.2) is 0 Å². The van der Waals surface area contributed by atoms with E-state index in [0.29, 0.717) is 24.7 Å². The van der Waals surface area contributed by atoms with Crippen LogP contribution in [-0.4, -0.2) is 19.1 Å². The van der Waals surface area contributed by atoms with Gasteiger partial charge in [-0.1, -0.05) is 30.3 Å². The number of ether oxygens (including phenoxy) is 2. The zero-order valence-corrected chi connectivity index (χ0v) is 18.6. The van der Waals surface area contributed by atoms with Crippen LogP contribution < -0.4 is 20.1 Å². The van der Waals surface area contributed by atoms with Crippen LogP contribution in [-0.2, 0) is 11.3 Å². The summed E-state index contributed by atoms with van der Waals surface area (Å²) in [6.07, 6.45) is 0. The molecule has 3 rings (SSSR count). The van der Waals surface area contributed by atoms with Gasteiger partial charge in [-0.15, -0.1) is 0 Å². The molecule has 0 aliphatic heterocycles. The molecule has 2 N–H and O–H groups in total. The van der Waals surface area contributed by atoms with Crippen molar-refractivity contribution in [3.63, 3.8) is 0 Å². The van der Waals surface area contributed by atoms with Crippen molar-refractivity contribution in [1.29, 1.82) is 0 Å². The van der Waals surface area contributed by atoms with Crippen molar-refractivity contribution in [1.82, 2.24) is 0 Å². The maximum Gasteiger partial charge on any atom is 0.262 e. The smallest absolute Gasteiger partial charge is 0.262 e. The van der Waals surface area contributed by atoms with E-state index in [1.165, 1.54) is 11.1 Å². The normalized spacial score (nSPS) is 10.5. The Labute approximate surface area is 184 Å². The van der Waals surface area contributed by atoms with E-state index in [0.717, 1.165) is 22.5 Å². The molecule has 162 valence electrons. The maximum atomic E-state index is 12.3. The zero-order chi connectivity index (χ0) is 22.2. The van der Waals surface area contributed by atoms with E-state index >= 15 is 0 Å². The Morgan fingerprint density at radius 3 is 2.48 bits per heavy atom. The van der Waals surface area contributed by atoms with E-state index in [-0.39, 0.29) is 12.5 Å². The second kappa shape index (κ2) is 10.5. The fraction of sp³-hybridized carbons (Fsp3) is 0.269. The molecule has 0 bridgehead atoms. The summed E-state index contributed by atoms with van der Waals surface area (Å²) in [5.74, 6) is 0.969. The number of amides is 1. The standard InChI is InChI=1S/C26H30N2O3/c1-5-30-25-15-21(16-27-23-11-7-9-19(3)20(23)4)12-13-24(25)31-17-26(29)28-22-10-6-8-18(2)14-22/h6-15,27H,5,16-17H2,1-4H3,(H,28,29). The minimum absolute atomic E-state index is 0.0892. The summed E-state index contributed by atoms with van der Waals surface area (Å²) in [7, 11) is 0. The van der Waals surface area contributed by atoms with Gasteiger partial charge >= 0.3 is 0 Å². The predicted octanol–water partition coefficient (Wildman–Crippen LogP) is 5.64. The number of hydrogen-bond donors (Lipinski definition) is 2. The van der Waals surface area contributed by atoms with Crippen molar-refractivity contribution >= 4 is 17.3 Å². The van der Waals surface area contributed by atoms with Crippen LogP contribution in [0.25, 0.3) is 0 Å². The SMILES string of the molecule is CCOc1cc(CNc2cccc(C)c2C)ccc1OCC(=O)Nc1cccc(C)c1. The van der Waals surface area contributed by atoms with Gasteiger partial charge in [0.15, 0.2) is 18.1 Å². The van der Waals surface area contributed by atoms with Crippen molar-refractivity contribution in [2.45, 2.75) is 34.2 Å². The monoisotopic (exact) mass is 418 g/mol. The molecule has 5 heteroatoms. The Hall–Kier alpha value is -3.47. The van der Waals surface area contributed by atoms with Crippen molar-refractivity contribution in [3.05, 3.63) is 82.9 Å². The van der Waals surface area contributed by atoms with Gasteiger partial charge in [0, 0.05) is 17.9 Å². The number of aryl methyl sites for hydroxylation is 2. The molecule has 0 spiro atoms. The van der Waals surface area contributed by atoms with Crippen molar-refractivity contribution in [2.24, 2.45) is 0 Å². The van der Waals surface area contributed by atoms with Crippen LogP contribution in [0.3, 0.4) is 0 Å². The molecule has 3 aromatic carbocycles. The first-order valence-corrected chi connectivity index (χ1v) is 10.5. The average Bonchev–Trinajstić information content (AvgIpc) is 2.74. The van der Waals surface area contributed by atoms with Gasteiger partial charge in [0.1, 0.15) is 0 Å². The lowest BCUT2D eigenvalue weighted by Gasteiger charge is -2.15. The lowest BCUT2D eigenvalue weighted by atomic mass is 10.1. The summed E-state index contributed by atoms with van der Waals surface area (Å²) < 4.78 is 11.5. The van der Waals surface area contributed by atoms with Gasteiger partial charge in [-0.3, -0.25) is 4.79 Å². The number of benzene rings is 3. The van der Waals surface area contributed by atoms with Gasteiger partial charge in [0.2, 0.25) is 0 Å². The Balaban J connectivity index is 1.62. The van der Waals surface area contributed by atoms with Crippen LogP contribution in [0, 0.1) is 20.8 Å². The molecule has 0 atom stereocenters. The molecule has 3 aromatic rings. The molecule has 0 radical (unpaired) electrons. The summed E-state index contributed by atoms with van der Waals surface area (Å²) in [5, 5.41) is 6.33. The van der Waals surface area contributed by atoms with Crippen molar-refractivity contribution in [3.8, 4) is 11.5 Å². The van der Waals surface area contributed by atoms with E-state index in [2.05, 4.69) is 42.7 Å². The van der Waals surface area contributed by atoms with Crippen molar-refractivity contribution < 1.29 is 14.3 Å². The summed E-state index contributed by atoms with van der Waals surface area (Å²) in [5.41, 5.74) is 6.53. The van der Waals surface area contributed by atoms with E-state index in [1.54, 1.807) is 0 Å². The molecule has 1 amide bonds. The first kappa shape index (κ1) is 22.2. The van der Waals surface area contributed by atoms with Crippen LogP contribution in [0.2, 0.25) is 0 Å².